The Morgan fingerprint density at radius 2 is 0.256 bits per heavy atom. The second kappa shape index (κ2) is 23.0. The molecule has 4 nitrogen and oxygen atoms in total. The second-order valence-corrected chi connectivity index (χ2v) is 19.0. The summed E-state index contributed by atoms with van der Waals surface area (Å²) in [5, 5.41) is 0. The van der Waals surface area contributed by atoms with Gasteiger partial charge in [-0.3, -0.25) is 0 Å². The lowest BCUT2D eigenvalue weighted by Gasteiger charge is -2.28. The molecule has 12 rings (SSSR count). The van der Waals surface area contributed by atoms with Gasteiger partial charge in [-0.2, -0.15) is 0 Å². The van der Waals surface area contributed by atoms with Gasteiger partial charge >= 0.3 is 0 Å². The first kappa shape index (κ1) is 48.5. The second-order valence-electron chi connectivity index (χ2n) is 19.0. The molecule has 0 saturated carbocycles. The number of anilines is 12. The van der Waals surface area contributed by atoms with Crippen LogP contribution in [0, 0.1) is 0 Å². The minimum absolute atomic E-state index is 1.06. The Kier molecular flexibility index (Phi) is 14.3. The Morgan fingerprint density at radius 1 is 0.128 bits per heavy atom. The van der Waals surface area contributed by atoms with Crippen molar-refractivity contribution < 1.29 is 0 Å². The van der Waals surface area contributed by atoms with E-state index in [1.54, 1.807) is 0 Å². The highest BCUT2D eigenvalue weighted by Crippen LogP contribution is 2.44. The summed E-state index contributed by atoms with van der Waals surface area (Å²) in [5.41, 5.74) is 19.7. The third-order valence-electron chi connectivity index (χ3n) is 14.0. The van der Waals surface area contributed by atoms with Crippen LogP contribution in [0.25, 0.3) is 11.1 Å². The van der Waals surface area contributed by atoms with Crippen LogP contribution in [0.5, 0.6) is 0 Å². The molecule has 0 aliphatic carbocycles. The quantitative estimate of drug-likeness (QED) is 0.0894. The van der Waals surface area contributed by atoms with Crippen LogP contribution in [0.2, 0.25) is 0 Å². The lowest BCUT2D eigenvalue weighted by atomic mass is 9.85. The fourth-order valence-corrected chi connectivity index (χ4v) is 10.4. The molecule has 0 aromatic heterocycles. The van der Waals surface area contributed by atoms with Crippen molar-refractivity contribution >= 4 is 79.4 Å². The van der Waals surface area contributed by atoms with Gasteiger partial charge in [0.05, 0.1) is 0 Å². The molecule has 78 heavy (non-hydrogen) atoms. The van der Waals surface area contributed by atoms with Crippen LogP contribution in [0.4, 0.5) is 68.2 Å². The molecule has 0 amide bonds. The average molecular weight is 1000 g/mol. The number of rotatable bonds is 16. The molecule has 0 spiro atoms. The molecule has 0 N–H and O–H groups in total. The smallest absolute Gasteiger partial charge is 0.0463 e. The van der Waals surface area contributed by atoms with E-state index >= 15 is 0 Å². The molecular weight excluding hydrogens is 945 g/mol. The summed E-state index contributed by atoms with van der Waals surface area (Å²) < 4.78 is 0. The largest absolute Gasteiger partial charge is 0.311 e. The molecule has 0 saturated heterocycles. The topological polar surface area (TPSA) is 13.0 Å². The van der Waals surface area contributed by atoms with Gasteiger partial charge in [-0.15, -0.1) is 0 Å². The van der Waals surface area contributed by atoms with Gasteiger partial charge in [0.25, 0.3) is 0 Å². The maximum atomic E-state index is 2.33. The van der Waals surface area contributed by atoms with Crippen molar-refractivity contribution in [3.8, 4) is 0 Å². The zero-order valence-corrected chi connectivity index (χ0v) is 43.1. The SMILES string of the molecule is c1ccc(/C(=C(\c2ccccc2)c2ccc(N(c3ccccc3)c3ccc(N(c4ccccc4)c4ccccc4)cc3)cc2)c2ccc(N(c3ccccc3)c3ccc(N(c4ccccc4)c4ccccc4)cc3)cc2)cc1. The number of hydrogen-bond donors (Lipinski definition) is 0. The molecule has 0 aliphatic rings. The maximum Gasteiger partial charge on any atom is 0.0463 e. The molecule has 0 bridgehead atoms. The normalized spacial score (nSPS) is 11.3. The minimum atomic E-state index is 1.06. The fourth-order valence-electron chi connectivity index (χ4n) is 10.4. The Balaban J connectivity index is 0.928. The average Bonchev–Trinajstić information content (AvgIpc) is 3.53. The highest BCUT2D eigenvalue weighted by Gasteiger charge is 2.21. The molecule has 0 fully saturated rings. The van der Waals surface area contributed by atoms with Gasteiger partial charge in [0.1, 0.15) is 0 Å². The van der Waals surface area contributed by atoms with Crippen LogP contribution >= 0.6 is 0 Å². The van der Waals surface area contributed by atoms with E-state index in [9.17, 15) is 0 Å². The van der Waals surface area contributed by atoms with Gasteiger partial charge in [0, 0.05) is 68.2 Å². The van der Waals surface area contributed by atoms with Gasteiger partial charge in [0.15, 0.2) is 0 Å². The van der Waals surface area contributed by atoms with Crippen molar-refractivity contribution in [3.63, 3.8) is 0 Å². The lowest BCUT2D eigenvalue weighted by molar-refractivity contribution is 1.25. The summed E-state index contributed by atoms with van der Waals surface area (Å²) in [4.78, 5) is 9.26. The van der Waals surface area contributed by atoms with E-state index in [1.807, 2.05) is 0 Å². The van der Waals surface area contributed by atoms with Crippen LogP contribution in [0.15, 0.2) is 340 Å². The first-order valence-corrected chi connectivity index (χ1v) is 26.5. The predicted octanol–water partition coefficient (Wildman–Crippen LogP) is 20.6. The van der Waals surface area contributed by atoms with Crippen LogP contribution in [0.3, 0.4) is 0 Å². The summed E-state index contributed by atoms with van der Waals surface area (Å²) in [6.45, 7) is 0. The molecule has 12 aromatic carbocycles. The van der Waals surface area contributed by atoms with E-state index < -0.39 is 0 Å². The van der Waals surface area contributed by atoms with Crippen molar-refractivity contribution in [1.82, 2.24) is 0 Å². The van der Waals surface area contributed by atoms with Gasteiger partial charge in [-0.1, -0.05) is 194 Å². The van der Waals surface area contributed by atoms with Gasteiger partial charge < -0.3 is 19.6 Å². The summed E-state index contributed by atoms with van der Waals surface area (Å²) in [5.74, 6) is 0. The molecule has 4 heteroatoms. The van der Waals surface area contributed by atoms with Crippen molar-refractivity contribution in [2.75, 3.05) is 19.6 Å². The molecule has 0 aliphatic heterocycles. The van der Waals surface area contributed by atoms with Crippen molar-refractivity contribution in [1.29, 1.82) is 0 Å². The number of para-hydroxylation sites is 6. The Bertz CT molecular complexity index is 3490. The van der Waals surface area contributed by atoms with E-state index in [0.29, 0.717) is 0 Å². The standard InChI is InChI=1S/C74H56N4/c1-9-25-57(26-10-1)73(59-41-45-67(46-42-59)77(65-37-21-7-22-38-65)71-53-49-69(50-54-71)75(61-29-13-3-14-30-61)62-31-15-4-16-32-62)74(58-27-11-2-12-28-58)60-43-47-68(48-44-60)78(66-39-23-8-24-40-66)72-55-51-70(52-56-72)76(63-33-17-5-18-34-63)64-35-19-6-20-36-64/h1-56H/b74-73-. The predicted molar refractivity (Wildman–Crippen MR) is 330 cm³/mol. The van der Waals surface area contributed by atoms with Crippen LogP contribution in [0.1, 0.15) is 22.3 Å². The molecular formula is C74H56N4. The third-order valence-corrected chi connectivity index (χ3v) is 14.0. The number of benzene rings is 12. The molecule has 0 heterocycles. The highest BCUT2D eigenvalue weighted by molar-refractivity contribution is 6.05. The van der Waals surface area contributed by atoms with Gasteiger partial charge in [-0.05, 0) is 179 Å². The Labute approximate surface area is 458 Å². The van der Waals surface area contributed by atoms with Crippen molar-refractivity contribution in [2.45, 2.75) is 0 Å². The van der Waals surface area contributed by atoms with Gasteiger partial charge in [-0.25, -0.2) is 0 Å². The first-order chi connectivity index (χ1) is 38.7. The molecule has 0 atom stereocenters. The van der Waals surface area contributed by atoms with E-state index in [2.05, 4.69) is 359 Å². The van der Waals surface area contributed by atoms with Gasteiger partial charge in [0.2, 0.25) is 0 Å². The van der Waals surface area contributed by atoms with Crippen LogP contribution < -0.4 is 19.6 Å². The van der Waals surface area contributed by atoms with Crippen molar-refractivity contribution in [2.24, 2.45) is 0 Å². The van der Waals surface area contributed by atoms with Crippen molar-refractivity contribution in [3.05, 3.63) is 362 Å². The van der Waals surface area contributed by atoms with E-state index in [4.69, 9.17) is 0 Å². The molecule has 372 valence electrons. The molecule has 12 aromatic rings. The maximum absolute atomic E-state index is 2.33. The summed E-state index contributed by atoms with van der Waals surface area (Å²) in [6, 6.07) is 121. The highest BCUT2D eigenvalue weighted by atomic mass is 15.2. The summed E-state index contributed by atoms with van der Waals surface area (Å²) in [7, 11) is 0. The van der Waals surface area contributed by atoms with E-state index in [1.165, 1.54) is 0 Å². The first-order valence-electron chi connectivity index (χ1n) is 26.5. The van der Waals surface area contributed by atoms with E-state index in [-0.39, 0.29) is 0 Å². The molecule has 0 unspecified atom stereocenters. The number of hydrogen-bond acceptors (Lipinski definition) is 4. The zero-order chi connectivity index (χ0) is 52.3. The third kappa shape index (κ3) is 10.5. The molecule has 0 radical (unpaired) electrons. The Hall–Kier alpha value is -10.4. The van der Waals surface area contributed by atoms with Crippen LogP contribution in [-0.4, -0.2) is 0 Å². The lowest BCUT2D eigenvalue weighted by Crippen LogP contribution is -2.12. The minimum Gasteiger partial charge on any atom is -0.311 e. The summed E-state index contributed by atoms with van der Waals surface area (Å²) in [6.07, 6.45) is 0. The van der Waals surface area contributed by atoms with E-state index in [0.717, 1.165) is 102 Å². The Morgan fingerprint density at radius 3 is 0.436 bits per heavy atom. The zero-order valence-electron chi connectivity index (χ0n) is 43.1. The van der Waals surface area contributed by atoms with Crippen LogP contribution in [-0.2, 0) is 0 Å². The summed E-state index contributed by atoms with van der Waals surface area (Å²) >= 11 is 0. The monoisotopic (exact) mass is 1000 g/mol. The fraction of sp³-hybridized carbons (Fsp3) is 0. The number of nitrogens with zero attached hydrogens (tertiary/aromatic N) is 4.